The fourth-order valence-corrected chi connectivity index (χ4v) is 4.53. The van der Waals surface area contributed by atoms with E-state index in [4.69, 9.17) is 9.47 Å². The lowest BCUT2D eigenvalue weighted by atomic mass is 10.1. The van der Waals surface area contributed by atoms with Gasteiger partial charge in [0.05, 0.1) is 24.3 Å². The molecule has 3 aromatic rings. The third kappa shape index (κ3) is 7.03. The van der Waals surface area contributed by atoms with Crippen molar-refractivity contribution >= 4 is 40.5 Å². The molecule has 3 N–H and O–H groups in total. The first-order valence-corrected chi connectivity index (χ1v) is 12.2. The van der Waals surface area contributed by atoms with Crippen molar-refractivity contribution in [2.75, 3.05) is 20.3 Å². The molecule has 1 aromatic carbocycles. The molecule has 34 heavy (non-hydrogen) atoms. The molecule has 0 saturated carbocycles. The van der Waals surface area contributed by atoms with Gasteiger partial charge < -0.3 is 25.2 Å². The third-order valence-corrected chi connectivity index (χ3v) is 6.67. The van der Waals surface area contributed by atoms with Crippen molar-refractivity contribution in [3.05, 3.63) is 62.8 Å². The number of carbonyl (C=O) groups is 3. The number of carbonyl (C=O) groups excluding carboxylic acids is 3. The highest BCUT2D eigenvalue weighted by Crippen LogP contribution is 2.25. The van der Waals surface area contributed by atoms with E-state index in [1.807, 2.05) is 6.07 Å². The minimum absolute atomic E-state index is 0.120. The summed E-state index contributed by atoms with van der Waals surface area (Å²) >= 11 is 2.35. The number of nitrogens with zero attached hydrogens (tertiary/aromatic N) is 1. The number of amides is 2. The summed E-state index contributed by atoms with van der Waals surface area (Å²) in [4.78, 5) is 42.2. The number of aromatic nitrogens is 1. The zero-order chi connectivity index (χ0) is 24.5. The van der Waals surface area contributed by atoms with Crippen LogP contribution in [0.3, 0.4) is 0 Å². The first kappa shape index (κ1) is 25.2. The van der Waals surface area contributed by atoms with Crippen LogP contribution in [0.5, 0.6) is 10.9 Å². The number of phenols is 1. The van der Waals surface area contributed by atoms with Crippen molar-refractivity contribution in [1.29, 1.82) is 0 Å². The van der Waals surface area contributed by atoms with Crippen molar-refractivity contribution in [1.82, 2.24) is 15.6 Å². The number of thiophene rings is 1. The van der Waals surface area contributed by atoms with Gasteiger partial charge in [-0.1, -0.05) is 29.5 Å². The number of benzene rings is 1. The van der Waals surface area contributed by atoms with Crippen molar-refractivity contribution < 1.29 is 29.0 Å². The summed E-state index contributed by atoms with van der Waals surface area (Å²) < 4.78 is 10.4. The molecule has 9 nitrogen and oxygen atoms in total. The van der Waals surface area contributed by atoms with Crippen molar-refractivity contribution in [3.8, 4) is 10.9 Å². The van der Waals surface area contributed by atoms with Gasteiger partial charge in [-0.3, -0.25) is 9.59 Å². The Balaban J connectivity index is 1.53. The minimum atomic E-state index is -1.06. The van der Waals surface area contributed by atoms with Crippen LogP contribution in [0.4, 0.5) is 0 Å². The predicted octanol–water partition coefficient (Wildman–Crippen LogP) is 2.93. The minimum Gasteiger partial charge on any atom is -0.508 e. The normalized spacial score (nSPS) is 11.5. The van der Waals surface area contributed by atoms with Crippen LogP contribution < -0.4 is 15.4 Å². The molecular weight excluding hydrogens is 478 g/mol. The van der Waals surface area contributed by atoms with E-state index in [-0.39, 0.29) is 18.2 Å². The van der Waals surface area contributed by atoms with E-state index in [9.17, 15) is 19.5 Å². The molecule has 0 fully saturated rings. The van der Waals surface area contributed by atoms with Crippen LogP contribution >= 0.6 is 22.7 Å². The van der Waals surface area contributed by atoms with E-state index in [0.29, 0.717) is 33.7 Å². The molecule has 0 aliphatic heterocycles. The Bertz CT molecular complexity index is 1130. The molecule has 0 radical (unpaired) electrons. The lowest BCUT2D eigenvalue weighted by Gasteiger charge is -2.16. The number of hydrogen-bond acceptors (Lipinski definition) is 9. The molecule has 0 bridgehead atoms. The molecule has 180 valence electrons. The monoisotopic (exact) mass is 503 g/mol. The van der Waals surface area contributed by atoms with Gasteiger partial charge in [-0.05, 0) is 48.9 Å². The van der Waals surface area contributed by atoms with Crippen LogP contribution in [-0.4, -0.2) is 54.2 Å². The average Bonchev–Trinajstić information content (AvgIpc) is 3.49. The number of nitrogens with one attached hydrogen (secondary N) is 2. The van der Waals surface area contributed by atoms with Gasteiger partial charge in [0.15, 0.2) is 0 Å². The number of ether oxygens (including phenoxy) is 2. The van der Waals surface area contributed by atoms with Gasteiger partial charge >= 0.3 is 5.97 Å². The largest absolute Gasteiger partial charge is 0.508 e. The number of esters is 1. The predicted molar refractivity (Wildman–Crippen MR) is 129 cm³/mol. The maximum absolute atomic E-state index is 12.8. The second-order valence-electron chi connectivity index (χ2n) is 7.25. The van der Waals surface area contributed by atoms with E-state index in [1.165, 1.54) is 18.4 Å². The van der Waals surface area contributed by atoms with Gasteiger partial charge in [0.2, 0.25) is 0 Å². The Morgan fingerprint density at radius 3 is 2.71 bits per heavy atom. The lowest BCUT2D eigenvalue weighted by molar-refractivity contribution is -0.142. The van der Waals surface area contributed by atoms with Gasteiger partial charge in [0.1, 0.15) is 16.7 Å². The Hall–Kier alpha value is -3.44. The van der Waals surface area contributed by atoms with Gasteiger partial charge in [-0.15, -0.1) is 11.3 Å². The molecule has 1 unspecified atom stereocenters. The summed E-state index contributed by atoms with van der Waals surface area (Å²) in [6, 6.07) is 9.39. The van der Waals surface area contributed by atoms with Crippen LogP contribution in [0.2, 0.25) is 0 Å². The molecule has 2 heterocycles. The van der Waals surface area contributed by atoms with Crippen LogP contribution in [0.1, 0.15) is 37.0 Å². The fourth-order valence-electron chi connectivity index (χ4n) is 3.04. The maximum atomic E-state index is 12.8. The molecule has 11 heteroatoms. The van der Waals surface area contributed by atoms with E-state index in [2.05, 4.69) is 15.6 Å². The molecule has 0 aliphatic carbocycles. The molecule has 1 atom stereocenters. The standard InChI is InChI=1S/C23H25N3O6S2/c1-14-19(34-23(25-14)32-10-4-7-15-6-3-8-16(27)12-15)21(29)26-17(22(30)31-2)13-24-20(28)18-9-5-11-33-18/h3,5-6,8-9,11-12,17,27H,4,7,10,13H2,1-2H3,(H,24,28)(H,26,29). The number of phenolic OH excluding ortho intramolecular Hbond substituents is 1. The Morgan fingerprint density at radius 1 is 1.18 bits per heavy atom. The zero-order valence-electron chi connectivity index (χ0n) is 18.7. The Kier molecular flexibility index (Phi) is 9.00. The second kappa shape index (κ2) is 12.1. The summed E-state index contributed by atoms with van der Waals surface area (Å²) in [6.45, 7) is 1.95. The highest BCUT2D eigenvalue weighted by molar-refractivity contribution is 7.15. The molecule has 0 saturated heterocycles. The van der Waals surface area contributed by atoms with E-state index >= 15 is 0 Å². The second-order valence-corrected chi connectivity index (χ2v) is 9.16. The van der Waals surface area contributed by atoms with Crippen LogP contribution in [0, 0.1) is 6.92 Å². The molecule has 3 rings (SSSR count). The number of thiazole rings is 1. The van der Waals surface area contributed by atoms with E-state index in [1.54, 1.807) is 42.6 Å². The lowest BCUT2D eigenvalue weighted by Crippen LogP contribution is -2.48. The molecular formula is C23H25N3O6S2. The first-order chi connectivity index (χ1) is 16.4. The number of hydrogen-bond donors (Lipinski definition) is 3. The SMILES string of the molecule is COC(=O)C(CNC(=O)c1cccs1)NC(=O)c1sc(OCCCc2cccc(O)c2)nc1C. The zero-order valence-corrected chi connectivity index (χ0v) is 20.3. The smallest absolute Gasteiger partial charge is 0.330 e. The van der Waals surface area contributed by atoms with Gasteiger partial charge in [0.25, 0.3) is 17.0 Å². The molecule has 2 aromatic heterocycles. The van der Waals surface area contributed by atoms with Crippen molar-refractivity contribution in [3.63, 3.8) is 0 Å². The molecule has 0 aliphatic rings. The highest BCUT2D eigenvalue weighted by atomic mass is 32.1. The maximum Gasteiger partial charge on any atom is 0.330 e. The Morgan fingerprint density at radius 2 is 2.00 bits per heavy atom. The Labute approximate surface area is 204 Å². The van der Waals surface area contributed by atoms with Crippen LogP contribution in [0.15, 0.2) is 41.8 Å². The number of aryl methyl sites for hydroxylation is 2. The van der Waals surface area contributed by atoms with Crippen molar-refractivity contribution in [2.45, 2.75) is 25.8 Å². The number of rotatable bonds is 11. The van der Waals surface area contributed by atoms with Crippen molar-refractivity contribution in [2.24, 2.45) is 0 Å². The molecule has 0 spiro atoms. The highest BCUT2D eigenvalue weighted by Gasteiger charge is 2.25. The van der Waals surface area contributed by atoms with Gasteiger partial charge in [0, 0.05) is 6.54 Å². The summed E-state index contributed by atoms with van der Waals surface area (Å²) in [7, 11) is 1.21. The van der Waals surface area contributed by atoms with Gasteiger partial charge in [-0.2, -0.15) is 0 Å². The first-order valence-electron chi connectivity index (χ1n) is 10.5. The summed E-state index contributed by atoms with van der Waals surface area (Å²) in [5.74, 6) is -1.30. The number of methoxy groups -OCH3 is 1. The molecule has 2 amide bonds. The summed E-state index contributed by atoms with van der Waals surface area (Å²) in [5, 5.41) is 16.9. The van der Waals surface area contributed by atoms with E-state index in [0.717, 1.165) is 23.3 Å². The third-order valence-electron chi connectivity index (χ3n) is 4.73. The summed E-state index contributed by atoms with van der Waals surface area (Å²) in [6.07, 6.45) is 1.43. The van der Waals surface area contributed by atoms with Crippen LogP contribution in [0.25, 0.3) is 0 Å². The average molecular weight is 504 g/mol. The fraction of sp³-hybridized carbons (Fsp3) is 0.304. The number of aromatic hydroxyl groups is 1. The van der Waals surface area contributed by atoms with Gasteiger partial charge in [-0.25, -0.2) is 9.78 Å². The topological polar surface area (TPSA) is 127 Å². The quantitative estimate of drug-likeness (QED) is 0.271. The van der Waals surface area contributed by atoms with Crippen LogP contribution in [-0.2, 0) is 16.0 Å². The van der Waals surface area contributed by atoms with E-state index < -0.39 is 17.9 Å². The summed E-state index contributed by atoms with van der Waals surface area (Å²) in [5.41, 5.74) is 1.47.